The minimum Gasteiger partial charge on any atom is -1.00 e. The molecule has 17 heavy (non-hydrogen) atoms. The maximum absolute atomic E-state index is 8.01. The van der Waals surface area contributed by atoms with Gasteiger partial charge in [0.2, 0.25) is 0 Å². The van der Waals surface area contributed by atoms with Crippen LogP contribution in [0.5, 0.6) is 0 Å². The van der Waals surface area contributed by atoms with Crippen LogP contribution in [0.1, 0.15) is 73.9 Å². The Morgan fingerprint density at radius 2 is 1.06 bits per heavy atom. The van der Waals surface area contributed by atoms with E-state index in [2.05, 4.69) is 6.92 Å². The molecule has 0 N–H and O–H groups in total. The van der Waals surface area contributed by atoms with Crippen molar-refractivity contribution in [2.75, 3.05) is 27.6 Å². The molecular weight excluding hydrogens is 274 g/mol. The summed E-state index contributed by atoms with van der Waals surface area (Å²) < 4.78 is 16.4. The summed E-state index contributed by atoms with van der Waals surface area (Å²) in [5.74, 6) is 0. The first-order valence-electron chi connectivity index (χ1n) is 8.13. The molecule has 0 aromatic heterocycles. The fourth-order valence-electron chi connectivity index (χ4n) is 1.85. The summed E-state index contributed by atoms with van der Waals surface area (Å²) in [7, 11) is 5.81. The van der Waals surface area contributed by atoms with Gasteiger partial charge in [-0.2, -0.15) is 0 Å². The SMILES string of the molecule is [2H]C([2H])(CCCCCCCCCCC)[N+](C)(C)C.[Br-]. The molecule has 0 radical (unpaired) electrons. The molecule has 0 heterocycles. The molecule has 0 aromatic rings. The number of quaternary nitrogens is 1. The smallest absolute Gasteiger partial charge is 0.0924 e. The Morgan fingerprint density at radius 3 is 1.41 bits per heavy atom. The highest BCUT2D eigenvalue weighted by Crippen LogP contribution is 2.10. The molecular formula is C15H34BrN. The predicted octanol–water partition coefficient (Wildman–Crippen LogP) is 1.62. The molecule has 0 saturated heterocycles. The highest BCUT2D eigenvalue weighted by atomic mass is 79.9. The van der Waals surface area contributed by atoms with Crippen LogP contribution in [-0.4, -0.2) is 32.1 Å². The second-order valence-electron chi connectivity index (χ2n) is 5.75. The van der Waals surface area contributed by atoms with Gasteiger partial charge in [0.1, 0.15) is 0 Å². The Kier molecular flexibility index (Phi) is 11.7. The van der Waals surface area contributed by atoms with Gasteiger partial charge in [0.15, 0.2) is 0 Å². The van der Waals surface area contributed by atoms with Gasteiger partial charge in [0.25, 0.3) is 0 Å². The molecule has 0 aliphatic rings. The number of nitrogens with zero attached hydrogens (tertiary/aromatic N) is 1. The van der Waals surface area contributed by atoms with E-state index in [-0.39, 0.29) is 17.0 Å². The molecule has 0 unspecified atom stereocenters. The monoisotopic (exact) mass is 309 g/mol. The van der Waals surface area contributed by atoms with Gasteiger partial charge in [-0.1, -0.05) is 58.3 Å². The summed E-state index contributed by atoms with van der Waals surface area (Å²) in [6.45, 7) is 1.17. The lowest BCUT2D eigenvalue weighted by Crippen LogP contribution is -3.00. The molecule has 0 aliphatic carbocycles. The third-order valence-corrected chi connectivity index (χ3v) is 2.87. The number of hydrogen-bond donors (Lipinski definition) is 0. The highest BCUT2D eigenvalue weighted by molar-refractivity contribution is 4.47. The fraction of sp³-hybridized carbons (Fsp3) is 1.00. The van der Waals surface area contributed by atoms with Gasteiger partial charge in [0, 0.05) is 0 Å². The number of unbranched alkanes of at least 4 members (excludes halogenated alkanes) is 8. The first-order valence-corrected chi connectivity index (χ1v) is 7.13. The predicted molar refractivity (Wildman–Crippen MR) is 74.7 cm³/mol. The summed E-state index contributed by atoms with van der Waals surface area (Å²) in [5, 5.41) is 0. The van der Waals surface area contributed by atoms with Gasteiger partial charge in [-0.25, -0.2) is 0 Å². The maximum Gasteiger partial charge on any atom is 0.0924 e. The Balaban J connectivity index is 0. The summed E-state index contributed by atoms with van der Waals surface area (Å²) >= 11 is 0. The van der Waals surface area contributed by atoms with Crippen LogP contribution in [0.2, 0.25) is 0 Å². The van der Waals surface area contributed by atoms with Crippen molar-refractivity contribution in [3.8, 4) is 0 Å². The Labute approximate surface area is 123 Å². The van der Waals surface area contributed by atoms with Crippen LogP contribution >= 0.6 is 0 Å². The van der Waals surface area contributed by atoms with Crippen molar-refractivity contribution in [1.82, 2.24) is 0 Å². The molecule has 0 atom stereocenters. The fourth-order valence-corrected chi connectivity index (χ4v) is 1.85. The lowest BCUT2D eigenvalue weighted by Gasteiger charge is -2.23. The van der Waals surface area contributed by atoms with Crippen LogP contribution in [0.3, 0.4) is 0 Å². The average Bonchev–Trinajstić information content (AvgIpc) is 2.25. The molecule has 2 heteroatoms. The first kappa shape index (κ1) is 15.5. The van der Waals surface area contributed by atoms with E-state index in [1.54, 1.807) is 0 Å². The quantitative estimate of drug-likeness (QED) is 0.402. The van der Waals surface area contributed by atoms with Crippen molar-refractivity contribution < 1.29 is 24.2 Å². The van der Waals surface area contributed by atoms with E-state index in [1.165, 1.54) is 51.4 Å². The topological polar surface area (TPSA) is 0 Å². The van der Waals surface area contributed by atoms with E-state index >= 15 is 0 Å². The van der Waals surface area contributed by atoms with Gasteiger partial charge in [-0.15, -0.1) is 0 Å². The average molecular weight is 310 g/mol. The zero-order valence-electron chi connectivity index (χ0n) is 14.4. The van der Waals surface area contributed by atoms with Gasteiger partial charge in [-0.3, -0.25) is 0 Å². The molecule has 0 amide bonds. The Morgan fingerprint density at radius 1 is 0.706 bits per heavy atom. The van der Waals surface area contributed by atoms with Crippen molar-refractivity contribution in [3.05, 3.63) is 0 Å². The maximum atomic E-state index is 8.01. The van der Waals surface area contributed by atoms with Crippen LogP contribution in [0.25, 0.3) is 0 Å². The third-order valence-electron chi connectivity index (χ3n) is 2.87. The Hall–Kier alpha value is 0.440. The van der Waals surface area contributed by atoms with E-state index in [1.807, 2.05) is 21.1 Å². The third kappa shape index (κ3) is 19.0. The summed E-state index contributed by atoms with van der Waals surface area (Å²) in [5.41, 5.74) is 0. The summed E-state index contributed by atoms with van der Waals surface area (Å²) in [4.78, 5) is 0. The van der Waals surface area contributed by atoms with E-state index in [0.717, 1.165) is 6.42 Å². The van der Waals surface area contributed by atoms with Crippen molar-refractivity contribution in [3.63, 3.8) is 0 Å². The lowest BCUT2D eigenvalue weighted by molar-refractivity contribution is -0.870. The van der Waals surface area contributed by atoms with Crippen LogP contribution in [0.4, 0.5) is 0 Å². The van der Waals surface area contributed by atoms with Crippen LogP contribution in [0.15, 0.2) is 0 Å². The van der Waals surface area contributed by atoms with E-state index in [0.29, 0.717) is 10.9 Å². The van der Waals surface area contributed by atoms with Gasteiger partial charge < -0.3 is 21.5 Å². The molecule has 0 aromatic carbocycles. The van der Waals surface area contributed by atoms with Gasteiger partial charge >= 0.3 is 0 Å². The summed E-state index contributed by atoms with van der Waals surface area (Å²) in [6.07, 6.45) is 12.3. The minimum atomic E-state index is -1.08. The highest BCUT2D eigenvalue weighted by Gasteiger charge is 2.04. The molecule has 0 fully saturated rings. The van der Waals surface area contributed by atoms with Gasteiger partial charge in [-0.05, 0) is 12.8 Å². The Bertz CT molecular complexity index is 203. The number of rotatable bonds is 11. The van der Waals surface area contributed by atoms with E-state index < -0.39 is 6.50 Å². The van der Waals surface area contributed by atoms with E-state index in [4.69, 9.17) is 2.74 Å². The van der Waals surface area contributed by atoms with Crippen LogP contribution in [-0.2, 0) is 0 Å². The largest absolute Gasteiger partial charge is 1.00 e. The van der Waals surface area contributed by atoms with Gasteiger partial charge in [0.05, 0.1) is 30.4 Å². The molecule has 1 nitrogen and oxygen atoms in total. The van der Waals surface area contributed by atoms with Crippen molar-refractivity contribution >= 4 is 0 Å². The van der Waals surface area contributed by atoms with Crippen LogP contribution < -0.4 is 17.0 Å². The molecule has 0 aliphatic heterocycles. The first-order chi connectivity index (χ1) is 8.31. The molecule has 0 bridgehead atoms. The van der Waals surface area contributed by atoms with E-state index in [9.17, 15) is 0 Å². The number of halogens is 1. The summed E-state index contributed by atoms with van der Waals surface area (Å²) in [6, 6.07) is 0. The zero-order chi connectivity index (χ0) is 14.1. The lowest BCUT2D eigenvalue weighted by atomic mass is 10.1. The van der Waals surface area contributed by atoms with Crippen molar-refractivity contribution in [2.45, 2.75) is 71.1 Å². The molecule has 0 rings (SSSR count). The standard InChI is InChI=1S/C15H34N.BrH/c1-5-6-7-8-9-10-11-12-13-14-15-16(2,3)4;/h5-15H2,1-4H3;1H/q+1;/p-1/i15D2;. The number of hydrogen-bond acceptors (Lipinski definition) is 0. The molecule has 106 valence electrons. The second kappa shape index (κ2) is 12.9. The van der Waals surface area contributed by atoms with Crippen LogP contribution in [0, 0.1) is 0 Å². The van der Waals surface area contributed by atoms with Crippen molar-refractivity contribution in [1.29, 1.82) is 0 Å². The normalized spacial score (nSPS) is 13.9. The molecule has 0 spiro atoms. The minimum absolute atomic E-state index is 0. The van der Waals surface area contributed by atoms with Crippen molar-refractivity contribution in [2.24, 2.45) is 0 Å². The second-order valence-corrected chi connectivity index (χ2v) is 5.75. The molecule has 0 saturated carbocycles. The zero-order valence-corrected chi connectivity index (χ0v) is 14.0.